The van der Waals surface area contributed by atoms with Crippen LogP contribution in [0.2, 0.25) is 5.15 Å². The number of halogens is 1. The summed E-state index contributed by atoms with van der Waals surface area (Å²) in [5.74, 6) is 0.0341. The van der Waals surface area contributed by atoms with E-state index in [1.54, 1.807) is 6.92 Å². The van der Waals surface area contributed by atoms with Gasteiger partial charge in [-0.1, -0.05) is 18.0 Å². The highest BCUT2D eigenvalue weighted by molar-refractivity contribution is 6.30. The summed E-state index contributed by atoms with van der Waals surface area (Å²) >= 11 is 6.07. The summed E-state index contributed by atoms with van der Waals surface area (Å²) in [6, 6.07) is 1.87. The fraction of sp³-hybridized carbons (Fsp3) is 0.583. The molecule has 1 N–H and O–H groups in total. The first-order chi connectivity index (χ1) is 7.66. The van der Waals surface area contributed by atoms with Crippen LogP contribution in [0.1, 0.15) is 42.2 Å². The highest BCUT2D eigenvalue weighted by atomic mass is 35.5. The molecule has 1 aromatic heterocycles. The van der Waals surface area contributed by atoms with Gasteiger partial charge in [0.2, 0.25) is 0 Å². The maximum absolute atomic E-state index is 11.2. The van der Waals surface area contributed by atoms with Crippen molar-refractivity contribution < 1.29 is 4.79 Å². The van der Waals surface area contributed by atoms with Gasteiger partial charge in [0.05, 0.1) is 5.69 Å². The normalized spacial score (nSPS) is 17.6. The van der Waals surface area contributed by atoms with Gasteiger partial charge in [-0.2, -0.15) is 0 Å². The fourth-order valence-electron chi connectivity index (χ4n) is 2.14. The van der Waals surface area contributed by atoms with Crippen molar-refractivity contribution in [2.75, 3.05) is 13.1 Å². The summed E-state index contributed by atoms with van der Waals surface area (Å²) in [4.78, 5) is 16.5. The lowest BCUT2D eigenvalue weighted by Crippen LogP contribution is -2.29. The third kappa shape index (κ3) is 2.66. The van der Waals surface area contributed by atoms with Crippen LogP contribution in [0.3, 0.4) is 0 Å². The number of nitrogens with zero attached hydrogens (tertiary/aromatic N) is 1. The van der Waals surface area contributed by atoms with Crippen molar-refractivity contribution >= 4 is 17.4 Å². The molecule has 1 aliphatic heterocycles. The van der Waals surface area contributed by atoms with Crippen LogP contribution in [0.4, 0.5) is 0 Å². The molecule has 0 spiro atoms. The van der Waals surface area contributed by atoms with Crippen LogP contribution in [-0.2, 0) is 6.54 Å². The maximum atomic E-state index is 11.2. The topological polar surface area (TPSA) is 36.1 Å². The fourth-order valence-corrected chi connectivity index (χ4v) is 2.35. The number of likely N-dealkylation sites (tertiary alicyclic amines) is 1. The van der Waals surface area contributed by atoms with Crippen LogP contribution >= 0.6 is 11.6 Å². The predicted octanol–water partition coefficient (Wildman–Crippen LogP) is 2.86. The molecule has 16 heavy (non-hydrogen) atoms. The molecule has 1 aliphatic rings. The van der Waals surface area contributed by atoms with Crippen LogP contribution in [0.15, 0.2) is 6.07 Å². The summed E-state index contributed by atoms with van der Waals surface area (Å²) in [5.41, 5.74) is 1.64. The standard InChI is InChI=1S/C12H17ClN2O/c1-9(16)11-7-10(12(13)14-11)8-15-5-3-2-4-6-15/h7,14H,2-6,8H2,1H3. The maximum Gasteiger partial charge on any atom is 0.175 e. The van der Waals surface area contributed by atoms with Gasteiger partial charge in [0, 0.05) is 19.0 Å². The number of nitrogens with one attached hydrogen (secondary N) is 1. The number of hydrogen-bond acceptors (Lipinski definition) is 2. The van der Waals surface area contributed by atoms with E-state index in [0.29, 0.717) is 10.8 Å². The molecule has 2 rings (SSSR count). The minimum Gasteiger partial charge on any atom is -0.343 e. The van der Waals surface area contributed by atoms with E-state index in [2.05, 4.69) is 9.88 Å². The van der Waals surface area contributed by atoms with Crippen molar-refractivity contribution in [2.45, 2.75) is 32.7 Å². The van der Waals surface area contributed by atoms with Gasteiger partial charge in [-0.05, 0) is 32.0 Å². The molecule has 0 bridgehead atoms. The first kappa shape index (κ1) is 11.7. The molecule has 3 nitrogen and oxygen atoms in total. The van der Waals surface area contributed by atoms with E-state index in [4.69, 9.17) is 11.6 Å². The molecule has 0 radical (unpaired) electrons. The first-order valence-corrected chi connectivity index (χ1v) is 6.15. The molecular weight excluding hydrogens is 224 g/mol. The zero-order chi connectivity index (χ0) is 11.5. The van der Waals surface area contributed by atoms with Crippen molar-refractivity contribution in [1.29, 1.82) is 0 Å². The second-order valence-electron chi connectivity index (χ2n) is 4.42. The minimum atomic E-state index is 0.0341. The Kier molecular flexibility index (Phi) is 3.66. The molecule has 0 unspecified atom stereocenters. The van der Waals surface area contributed by atoms with Crippen LogP contribution in [0.5, 0.6) is 0 Å². The number of piperidine rings is 1. The highest BCUT2D eigenvalue weighted by Gasteiger charge is 2.15. The molecule has 1 aromatic rings. The highest BCUT2D eigenvalue weighted by Crippen LogP contribution is 2.20. The Labute approximate surface area is 101 Å². The van der Waals surface area contributed by atoms with Crippen LogP contribution in [0.25, 0.3) is 0 Å². The number of ketones is 1. The molecule has 0 atom stereocenters. The van der Waals surface area contributed by atoms with Crippen molar-refractivity contribution in [3.63, 3.8) is 0 Å². The van der Waals surface area contributed by atoms with E-state index < -0.39 is 0 Å². The van der Waals surface area contributed by atoms with Gasteiger partial charge in [0.1, 0.15) is 5.15 Å². The van der Waals surface area contributed by atoms with Gasteiger partial charge in [0.15, 0.2) is 5.78 Å². The number of carbonyl (C=O) groups is 1. The Morgan fingerprint density at radius 1 is 1.44 bits per heavy atom. The number of hydrogen-bond donors (Lipinski definition) is 1. The third-order valence-electron chi connectivity index (χ3n) is 3.07. The second kappa shape index (κ2) is 5.02. The molecule has 4 heteroatoms. The van der Waals surface area contributed by atoms with Crippen molar-refractivity contribution in [2.24, 2.45) is 0 Å². The van der Waals surface area contributed by atoms with Gasteiger partial charge >= 0.3 is 0 Å². The van der Waals surface area contributed by atoms with E-state index in [1.165, 1.54) is 19.3 Å². The van der Waals surface area contributed by atoms with Crippen LogP contribution < -0.4 is 0 Å². The van der Waals surface area contributed by atoms with Gasteiger partial charge in [-0.15, -0.1) is 0 Å². The average molecular weight is 241 g/mol. The molecule has 0 aliphatic carbocycles. The quantitative estimate of drug-likeness (QED) is 0.825. The summed E-state index contributed by atoms with van der Waals surface area (Å²) < 4.78 is 0. The van der Waals surface area contributed by atoms with E-state index in [9.17, 15) is 4.79 Å². The molecule has 2 heterocycles. The molecule has 0 amide bonds. The van der Waals surface area contributed by atoms with Gasteiger partial charge < -0.3 is 4.98 Å². The van der Waals surface area contributed by atoms with Crippen LogP contribution in [0, 0.1) is 0 Å². The van der Waals surface area contributed by atoms with Crippen molar-refractivity contribution in [3.8, 4) is 0 Å². The molecular formula is C12H17ClN2O. The largest absolute Gasteiger partial charge is 0.343 e. The van der Waals surface area contributed by atoms with Gasteiger partial charge in [-0.25, -0.2) is 0 Å². The Bertz CT molecular complexity index is 380. The Balaban J connectivity index is 2.05. The number of H-pyrrole nitrogens is 1. The summed E-state index contributed by atoms with van der Waals surface area (Å²) in [6.07, 6.45) is 3.86. The Morgan fingerprint density at radius 2 is 2.12 bits per heavy atom. The lowest BCUT2D eigenvalue weighted by atomic mass is 10.1. The average Bonchev–Trinajstić information content (AvgIpc) is 2.62. The van der Waals surface area contributed by atoms with E-state index >= 15 is 0 Å². The summed E-state index contributed by atoms with van der Waals surface area (Å²) in [5, 5.41) is 0.607. The van der Waals surface area contributed by atoms with Crippen molar-refractivity contribution in [1.82, 2.24) is 9.88 Å². The van der Waals surface area contributed by atoms with E-state index in [0.717, 1.165) is 25.2 Å². The molecule has 0 saturated carbocycles. The van der Waals surface area contributed by atoms with Crippen LogP contribution in [-0.4, -0.2) is 28.8 Å². The van der Waals surface area contributed by atoms with E-state index in [1.807, 2.05) is 6.07 Å². The molecule has 0 aromatic carbocycles. The SMILES string of the molecule is CC(=O)c1cc(CN2CCCCC2)c(Cl)[nH]1. The van der Waals surface area contributed by atoms with Gasteiger partial charge in [-0.3, -0.25) is 9.69 Å². The monoisotopic (exact) mass is 240 g/mol. The Morgan fingerprint density at radius 3 is 2.69 bits per heavy atom. The first-order valence-electron chi connectivity index (χ1n) is 5.77. The van der Waals surface area contributed by atoms with E-state index in [-0.39, 0.29) is 5.78 Å². The zero-order valence-corrected chi connectivity index (χ0v) is 10.3. The number of Topliss-reactive ketones (excluding diaryl/α,β-unsaturated/α-hetero) is 1. The predicted molar refractivity (Wildman–Crippen MR) is 64.9 cm³/mol. The molecule has 88 valence electrons. The summed E-state index contributed by atoms with van der Waals surface area (Å²) in [6.45, 7) is 4.67. The third-order valence-corrected chi connectivity index (χ3v) is 3.40. The smallest absolute Gasteiger partial charge is 0.175 e. The lowest BCUT2D eigenvalue weighted by molar-refractivity contribution is 0.101. The Hall–Kier alpha value is -0.800. The summed E-state index contributed by atoms with van der Waals surface area (Å²) in [7, 11) is 0. The zero-order valence-electron chi connectivity index (χ0n) is 9.55. The minimum absolute atomic E-state index is 0.0341. The number of aromatic nitrogens is 1. The lowest BCUT2D eigenvalue weighted by Gasteiger charge is -2.25. The molecule has 1 fully saturated rings. The number of rotatable bonds is 3. The number of carbonyl (C=O) groups excluding carboxylic acids is 1. The second-order valence-corrected chi connectivity index (χ2v) is 4.79. The van der Waals surface area contributed by atoms with Gasteiger partial charge in [0.25, 0.3) is 0 Å². The van der Waals surface area contributed by atoms with Crippen molar-refractivity contribution in [3.05, 3.63) is 22.5 Å². The number of aromatic amines is 1. The molecule has 1 saturated heterocycles.